The van der Waals surface area contributed by atoms with Crippen molar-refractivity contribution in [3.05, 3.63) is 41.7 Å². The highest BCUT2D eigenvalue weighted by Gasteiger charge is 2.27. The van der Waals surface area contributed by atoms with Gasteiger partial charge in [-0.3, -0.25) is 4.79 Å². The molecular formula is C15H17FN2O3. The van der Waals surface area contributed by atoms with Crippen LogP contribution in [0.4, 0.5) is 9.18 Å². The summed E-state index contributed by atoms with van der Waals surface area (Å²) in [6.07, 6.45) is 3.21. The minimum atomic E-state index is -0.387. The molecule has 0 unspecified atom stereocenters. The van der Waals surface area contributed by atoms with Gasteiger partial charge >= 0.3 is 6.09 Å². The number of likely N-dealkylation sites (tertiary alicyclic amines) is 1. The summed E-state index contributed by atoms with van der Waals surface area (Å²) in [5, 5.41) is 2.80. The van der Waals surface area contributed by atoms with E-state index in [2.05, 4.69) is 10.1 Å². The van der Waals surface area contributed by atoms with Gasteiger partial charge in [0, 0.05) is 25.2 Å². The Labute approximate surface area is 122 Å². The van der Waals surface area contributed by atoms with Crippen LogP contribution in [0.2, 0.25) is 0 Å². The van der Waals surface area contributed by atoms with Gasteiger partial charge in [-0.2, -0.15) is 0 Å². The third-order valence-corrected chi connectivity index (χ3v) is 3.24. The minimum absolute atomic E-state index is 0.0891. The van der Waals surface area contributed by atoms with Gasteiger partial charge in [0.2, 0.25) is 5.91 Å². The maximum absolute atomic E-state index is 13.0. The average molecular weight is 292 g/mol. The Morgan fingerprint density at radius 1 is 1.48 bits per heavy atom. The second-order valence-electron chi connectivity index (χ2n) is 4.80. The summed E-state index contributed by atoms with van der Waals surface area (Å²) < 4.78 is 17.6. The van der Waals surface area contributed by atoms with E-state index in [9.17, 15) is 14.0 Å². The number of carbonyl (C=O) groups is 2. The maximum atomic E-state index is 13.0. The largest absolute Gasteiger partial charge is 0.453 e. The fourth-order valence-electron chi connectivity index (χ4n) is 2.20. The molecule has 0 aliphatic carbocycles. The lowest BCUT2D eigenvalue weighted by Gasteiger charge is -2.14. The number of methoxy groups -OCH3 is 1. The zero-order valence-corrected chi connectivity index (χ0v) is 11.7. The fraction of sp³-hybridized carbons (Fsp3) is 0.333. The van der Waals surface area contributed by atoms with Crippen LogP contribution in [-0.4, -0.2) is 43.1 Å². The highest BCUT2D eigenvalue weighted by Crippen LogP contribution is 2.10. The van der Waals surface area contributed by atoms with Crippen LogP contribution in [0.15, 0.2) is 30.3 Å². The van der Waals surface area contributed by atoms with Crippen molar-refractivity contribution in [2.45, 2.75) is 12.5 Å². The molecule has 0 saturated carbocycles. The molecule has 21 heavy (non-hydrogen) atoms. The quantitative estimate of drug-likeness (QED) is 0.864. The first kappa shape index (κ1) is 15.0. The second-order valence-corrected chi connectivity index (χ2v) is 4.80. The predicted octanol–water partition coefficient (Wildman–Crippen LogP) is 1.80. The summed E-state index contributed by atoms with van der Waals surface area (Å²) in [5.74, 6) is -0.613. The third kappa shape index (κ3) is 4.30. The number of carbonyl (C=O) groups excluding carboxylic acids is 2. The molecule has 6 heteroatoms. The van der Waals surface area contributed by atoms with Crippen LogP contribution >= 0.6 is 0 Å². The standard InChI is InChI=1S/C15H17FN2O3/c1-21-15(20)18-8-7-13(10-18)17-14(19)6-5-11-3-2-4-12(16)9-11/h2-6,9,13H,7-8,10H2,1H3,(H,17,19)/b6-5+/t13-/m0/s1. The maximum Gasteiger partial charge on any atom is 0.409 e. The van der Waals surface area contributed by atoms with Gasteiger partial charge in [-0.05, 0) is 30.2 Å². The van der Waals surface area contributed by atoms with Crippen molar-refractivity contribution in [1.29, 1.82) is 0 Å². The number of nitrogens with zero attached hydrogens (tertiary/aromatic N) is 1. The smallest absolute Gasteiger partial charge is 0.409 e. The Morgan fingerprint density at radius 3 is 3.00 bits per heavy atom. The Balaban J connectivity index is 1.84. The number of benzene rings is 1. The predicted molar refractivity (Wildman–Crippen MR) is 76.0 cm³/mol. The van der Waals surface area contributed by atoms with Crippen LogP contribution in [0.1, 0.15) is 12.0 Å². The molecule has 1 aromatic rings. The van der Waals surface area contributed by atoms with Gasteiger partial charge in [0.15, 0.2) is 0 Å². The molecule has 1 heterocycles. The molecule has 1 saturated heterocycles. The van der Waals surface area contributed by atoms with Crippen LogP contribution in [0, 0.1) is 5.82 Å². The molecular weight excluding hydrogens is 275 g/mol. The Kier molecular flexibility index (Phi) is 4.92. The van der Waals surface area contributed by atoms with E-state index in [0.29, 0.717) is 25.1 Å². The Morgan fingerprint density at radius 2 is 2.29 bits per heavy atom. The van der Waals surface area contributed by atoms with Crippen molar-refractivity contribution in [3.8, 4) is 0 Å². The zero-order valence-electron chi connectivity index (χ0n) is 11.7. The summed E-state index contributed by atoms with van der Waals surface area (Å²) >= 11 is 0. The SMILES string of the molecule is COC(=O)N1CC[C@H](NC(=O)/C=C/c2cccc(F)c2)C1. The van der Waals surface area contributed by atoms with E-state index in [-0.39, 0.29) is 23.9 Å². The van der Waals surface area contributed by atoms with Crippen molar-refractivity contribution in [2.75, 3.05) is 20.2 Å². The first-order valence-electron chi connectivity index (χ1n) is 6.65. The lowest BCUT2D eigenvalue weighted by molar-refractivity contribution is -0.117. The molecule has 0 bridgehead atoms. The van der Waals surface area contributed by atoms with Gasteiger partial charge < -0.3 is 15.0 Å². The molecule has 1 aromatic carbocycles. The summed E-state index contributed by atoms with van der Waals surface area (Å²) in [6.45, 7) is 0.997. The molecule has 1 fully saturated rings. The first-order valence-corrected chi connectivity index (χ1v) is 6.65. The monoisotopic (exact) mass is 292 g/mol. The number of rotatable bonds is 3. The van der Waals surface area contributed by atoms with Gasteiger partial charge in [0.05, 0.1) is 7.11 Å². The van der Waals surface area contributed by atoms with Crippen LogP contribution in [0.5, 0.6) is 0 Å². The summed E-state index contributed by atoms with van der Waals surface area (Å²) in [5.41, 5.74) is 0.618. The van der Waals surface area contributed by atoms with Crippen molar-refractivity contribution in [3.63, 3.8) is 0 Å². The van der Waals surface area contributed by atoms with E-state index in [1.165, 1.54) is 25.3 Å². The molecule has 0 spiro atoms. The highest BCUT2D eigenvalue weighted by molar-refractivity contribution is 5.92. The lowest BCUT2D eigenvalue weighted by atomic mass is 10.2. The first-order chi connectivity index (χ1) is 10.1. The van der Waals surface area contributed by atoms with Crippen molar-refractivity contribution in [2.24, 2.45) is 0 Å². The number of hydrogen-bond donors (Lipinski definition) is 1. The van der Waals surface area contributed by atoms with Crippen LogP contribution < -0.4 is 5.32 Å². The Bertz CT molecular complexity index is 560. The molecule has 0 aromatic heterocycles. The van der Waals surface area contributed by atoms with Crippen molar-refractivity contribution < 1.29 is 18.7 Å². The Hall–Kier alpha value is -2.37. The van der Waals surface area contributed by atoms with Gasteiger partial charge in [-0.15, -0.1) is 0 Å². The lowest BCUT2D eigenvalue weighted by Crippen LogP contribution is -2.37. The zero-order chi connectivity index (χ0) is 15.2. The van der Waals surface area contributed by atoms with Crippen LogP contribution in [0.3, 0.4) is 0 Å². The number of halogens is 1. The van der Waals surface area contributed by atoms with Crippen molar-refractivity contribution in [1.82, 2.24) is 10.2 Å². The molecule has 1 aliphatic heterocycles. The summed E-state index contributed by atoms with van der Waals surface area (Å²) in [4.78, 5) is 24.6. The van der Waals surface area contributed by atoms with E-state index in [4.69, 9.17) is 0 Å². The highest BCUT2D eigenvalue weighted by atomic mass is 19.1. The number of ether oxygens (including phenoxy) is 1. The molecule has 2 rings (SSSR count). The van der Waals surface area contributed by atoms with Crippen molar-refractivity contribution >= 4 is 18.1 Å². The fourth-order valence-corrected chi connectivity index (χ4v) is 2.20. The molecule has 2 amide bonds. The molecule has 5 nitrogen and oxygen atoms in total. The van der Waals surface area contributed by atoms with Crippen LogP contribution in [0.25, 0.3) is 6.08 Å². The number of nitrogens with one attached hydrogen (secondary N) is 1. The molecule has 1 atom stereocenters. The van der Waals surface area contributed by atoms with E-state index >= 15 is 0 Å². The topological polar surface area (TPSA) is 58.6 Å². The van der Waals surface area contributed by atoms with E-state index in [1.807, 2.05) is 0 Å². The van der Waals surface area contributed by atoms with Gasteiger partial charge in [-0.1, -0.05) is 12.1 Å². The van der Waals surface area contributed by atoms with Gasteiger partial charge in [0.25, 0.3) is 0 Å². The van der Waals surface area contributed by atoms with E-state index < -0.39 is 0 Å². The molecule has 0 radical (unpaired) electrons. The average Bonchev–Trinajstić information content (AvgIpc) is 2.93. The second kappa shape index (κ2) is 6.88. The molecule has 1 aliphatic rings. The molecule has 112 valence electrons. The molecule has 1 N–H and O–H groups in total. The van der Waals surface area contributed by atoms with Crippen LogP contribution in [-0.2, 0) is 9.53 Å². The summed E-state index contributed by atoms with van der Waals surface area (Å²) in [6, 6.07) is 5.89. The normalized spacial score (nSPS) is 18.0. The summed E-state index contributed by atoms with van der Waals surface area (Å²) in [7, 11) is 1.33. The van der Waals surface area contributed by atoms with Gasteiger partial charge in [-0.25, -0.2) is 9.18 Å². The minimum Gasteiger partial charge on any atom is -0.453 e. The number of hydrogen-bond acceptors (Lipinski definition) is 3. The third-order valence-electron chi connectivity index (χ3n) is 3.24. The van der Waals surface area contributed by atoms with Gasteiger partial charge in [0.1, 0.15) is 5.82 Å². The number of amides is 2. The van der Waals surface area contributed by atoms with E-state index in [1.54, 1.807) is 23.1 Å². The van der Waals surface area contributed by atoms with E-state index in [0.717, 1.165) is 0 Å².